The first-order chi connectivity index (χ1) is 6.34. The standard InChI is InChI=1S/C10H18O4/c1-6(2)5-8(9(11)12)14-10(13)7(3)4/h6-8H,5H2,1-4H3,(H,11,12). The molecule has 0 spiro atoms. The van der Waals surface area contributed by atoms with Crippen LogP contribution >= 0.6 is 0 Å². The van der Waals surface area contributed by atoms with Gasteiger partial charge in [0.05, 0.1) is 5.92 Å². The summed E-state index contributed by atoms with van der Waals surface area (Å²) in [7, 11) is 0. The molecule has 0 aliphatic heterocycles. The van der Waals surface area contributed by atoms with Gasteiger partial charge in [-0.05, 0) is 12.3 Å². The third kappa shape index (κ3) is 4.84. The summed E-state index contributed by atoms with van der Waals surface area (Å²) in [5.41, 5.74) is 0. The van der Waals surface area contributed by atoms with Gasteiger partial charge in [-0.25, -0.2) is 4.79 Å². The number of esters is 1. The van der Waals surface area contributed by atoms with Gasteiger partial charge in [0, 0.05) is 0 Å². The molecule has 0 heterocycles. The molecule has 0 bridgehead atoms. The van der Waals surface area contributed by atoms with Gasteiger partial charge in [0.25, 0.3) is 0 Å². The van der Waals surface area contributed by atoms with Crippen LogP contribution < -0.4 is 0 Å². The second-order valence-electron chi connectivity index (χ2n) is 4.05. The highest BCUT2D eigenvalue weighted by atomic mass is 16.6. The fourth-order valence-electron chi connectivity index (χ4n) is 0.904. The molecule has 0 aliphatic carbocycles. The van der Waals surface area contributed by atoms with E-state index in [0.717, 1.165) is 0 Å². The van der Waals surface area contributed by atoms with E-state index in [2.05, 4.69) is 0 Å². The molecule has 1 atom stereocenters. The Morgan fingerprint density at radius 3 is 2.00 bits per heavy atom. The molecule has 0 saturated heterocycles. The molecule has 0 aromatic rings. The first-order valence-corrected chi connectivity index (χ1v) is 4.77. The van der Waals surface area contributed by atoms with E-state index < -0.39 is 18.0 Å². The maximum absolute atomic E-state index is 11.2. The number of carbonyl (C=O) groups excluding carboxylic acids is 1. The summed E-state index contributed by atoms with van der Waals surface area (Å²) >= 11 is 0. The van der Waals surface area contributed by atoms with Gasteiger partial charge in [0.2, 0.25) is 0 Å². The molecule has 0 aromatic carbocycles. The zero-order valence-electron chi connectivity index (χ0n) is 9.11. The number of hydrogen-bond acceptors (Lipinski definition) is 3. The van der Waals surface area contributed by atoms with Gasteiger partial charge in [-0.15, -0.1) is 0 Å². The Morgan fingerprint density at radius 2 is 1.71 bits per heavy atom. The third-order valence-electron chi connectivity index (χ3n) is 1.69. The van der Waals surface area contributed by atoms with Crippen molar-refractivity contribution in [2.24, 2.45) is 11.8 Å². The number of aliphatic carboxylic acids is 1. The molecular weight excluding hydrogens is 184 g/mol. The topological polar surface area (TPSA) is 63.6 Å². The largest absolute Gasteiger partial charge is 0.479 e. The minimum absolute atomic E-state index is 0.191. The van der Waals surface area contributed by atoms with Crippen molar-refractivity contribution in [3.63, 3.8) is 0 Å². The molecule has 0 fully saturated rings. The van der Waals surface area contributed by atoms with Crippen molar-refractivity contribution < 1.29 is 19.4 Å². The summed E-state index contributed by atoms with van der Waals surface area (Å²) < 4.78 is 4.85. The monoisotopic (exact) mass is 202 g/mol. The molecule has 0 rings (SSSR count). The minimum atomic E-state index is -1.08. The average Bonchev–Trinajstić information content (AvgIpc) is 2.01. The lowest BCUT2D eigenvalue weighted by Gasteiger charge is -2.16. The van der Waals surface area contributed by atoms with Crippen molar-refractivity contribution in [3.05, 3.63) is 0 Å². The van der Waals surface area contributed by atoms with E-state index in [9.17, 15) is 9.59 Å². The highest BCUT2D eigenvalue weighted by Gasteiger charge is 2.24. The predicted octanol–water partition coefficient (Wildman–Crippen LogP) is 1.68. The molecule has 0 radical (unpaired) electrons. The Labute approximate surface area is 84.3 Å². The maximum Gasteiger partial charge on any atom is 0.345 e. The van der Waals surface area contributed by atoms with Gasteiger partial charge in [0.1, 0.15) is 0 Å². The van der Waals surface area contributed by atoms with E-state index in [4.69, 9.17) is 9.84 Å². The Balaban J connectivity index is 4.23. The smallest absolute Gasteiger partial charge is 0.345 e. The number of rotatable bonds is 5. The van der Waals surface area contributed by atoms with E-state index in [1.54, 1.807) is 13.8 Å². The summed E-state index contributed by atoms with van der Waals surface area (Å²) in [6.07, 6.45) is -0.654. The number of ether oxygens (including phenoxy) is 1. The van der Waals surface area contributed by atoms with E-state index in [0.29, 0.717) is 6.42 Å². The highest BCUT2D eigenvalue weighted by Crippen LogP contribution is 2.10. The fraction of sp³-hybridized carbons (Fsp3) is 0.800. The number of carbonyl (C=O) groups is 2. The molecule has 0 saturated carbocycles. The van der Waals surface area contributed by atoms with E-state index in [1.807, 2.05) is 13.8 Å². The maximum atomic E-state index is 11.2. The molecule has 0 aliphatic rings. The zero-order valence-corrected chi connectivity index (χ0v) is 9.11. The van der Waals surface area contributed by atoms with Crippen LogP contribution in [0.2, 0.25) is 0 Å². The summed E-state index contributed by atoms with van der Waals surface area (Å²) in [5.74, 6) is -1.63. The van der Waals surface area contributed by atoms with Crippen molar-refractivity contribution in [3.8, 4) is 0 Å². The van der Waals surface area contributed by atoms with Crippen molar-refractivity contribution >= 4 is 11.9 Å². The van der Waals surface area contributed by atoms with Crippen molar-refractivity contribution in [2.75, 3.05) is 0 Å². The van der Waals surface area contributed by atoms with Gasteiger partial charge in [-0.1, -0.05) is 27.7 Å². The Kier molecular flexibility index (Phi) is 5.20. The van der Waals surface area contributed by atoms with Crippen LogP contribution in [0.25, 0.3) is 0 Å². The quantitative estimate of drug-likeness (QED) is 0.689. The van der Waals surface area contributed by atoms with Crippen LogP contribution in [-0.4, -0.2) is 23.1 Å². The highest BCUT2D eigenvalue weighted by molar-refractivity contribution is 5.78. The van der Waals surface area contributed by atoms with Crippen LogP contribution in [0, 0.1) is 11.8 Å². The van der Waals surface area contributed by atoms with Gasteiger partial charge < -0.3 is 9.84 Å². The van der Waals surface area contributed by atoms with Gasteiger partial charge >= 0.3 is 11.9 Å². The molecule has 1 unspecified atom stereocenters. The molecule has 4 heteroatoms. The van der Waals surface area contributed by atoms with Crippen molar-refractivity contribution in [1.29, 1.82) is 0 Å². The molecule has 0 aromatic heterocycles. The molecule has 0 amide bonds. The first kappa shape index (κ1) is 12.9. The summed E-state index contributed by atoms with van der Waals surface area (Å²) in [6, 6.07) is 0. The van der Waals surface area contributed by atoms with E-state index >= 15 is 0 Å². The Bertz CT molecular complexity index is 208. The number of carboxylic acid groups (broad SMARTS) is 1. The summed E-state index contributed by atoms with van der Waals surface area (Å²) in [4.78, 5) is 21.9. The van der Waals surface area contributed by atoms with Gasteiger partial charge in [-0.2, -0.15) is 0 Å². The normalized spacial score (nSPS) is 13.0. The van der Waals surface area contributed by atoms with Crippen LogP contribution in [-0.2, 0) is 14.3 Å². The molecule has 14 heavy (non-hydrogen) atoms. The Hall–Kier alpha value is -1.06. The second-order valence-corrected chi connectivity index (χ2v) is 4.05. The molecule has 82 valence electrons. The van der Waals surface area contributed by atoms with E-state index in [-0.39, 0.29) is 11.8 Å². The molecular formula is C10H18O4. The zero-order chi connectivity index (χ0) is 11.3. The van der Waals surface area contributed by atoms with Crippen molar-refractivity contribution in [1.82, 2.24) is 0 Å². The minimum Gasteiger partial charge on any atom is -0.479 e. The third-order valence-corrected chi connectivity index (χ3v) is 1.69. The summed E-state index contributed by atoms with van der Waals surface area (Å²) in [6.45, 7) is 7.13. The van der Waals surface area contributed by atoms with Crippen molar-refractivity contribution in [2.45, 2.75) is 40.2 Å². The molecule has 4 nitrogen and oxygen atoms in total. The lowest BCUT2D eigenvalue weighted by molar-refractivity contribution is -0.167. The van der Waals surface area contributed by atoms with Gasteiger partial charge in [-0.3, -0.25) is 4.79 Å². The Morgan fingerprint density at radius 1 is 1.21 bits per heavy atom. The first-order valence-electron chi connectivity index (χ1n) is 4.77. The second kappa shape index (κ2) is 5.62. The number of carboxylic acids is 1. The van der Waals surface area contributed by atoms with Crippen LogP contribution in [0.5, 0.6) is 0 Å². The summed E-state index contributed by atoms with van der Waals surface area (Å²) in [5, 5.41) is 8.78. The van der Waals surface area contributed by atoms with Crippen LogP contribution in [0.3, 0.4) is 0 Å². The SMILES string of the molecule is CC(C)CC(OC(=O)C(C)C)C(=O)O. The predicted molar refractivity (Wildman–Crippen MR) is 51.8 cm³/mol. The lowest BCUT2D eigenvalue weighted by Crippen LogP contribution is -2.30. The van der Waals surface area contributed by atoms with Crippen LogP contribution in [0.4, 0.5) is 0 Å². The van der Waals surface area contributed by atoms with Crippen LogP contribution in [0.15, 0.2) is 0 Å². The lowest BCUT2D eigenvalue weighted by atomic mass is 10.1. The van der Waals surface area contributed by atoms with Gasteiger partial charge in [0.15, 0.2) is 6.10 Å². The molecule has 1 N–H and O–H groups in total. The number of hydrogen-bond donors (Lipinski definition) is 1. The fourth-order valence-corrected chi connectivity index (χ4v) is 0.904. The average molecular weight is 202 g/mol. The van der Waals surface area contributed by atoms with E-state index in [1.165, 1.54) is 0 Å². The van der Waals surface area contributed by atoms with Crippen LogP contribution in [0.1, 0.15) is 34.1 Å².